The third kappa shape index (κ3) is 3.80. The molecule has 140 valence electrons. The number of pyridine rings is 1. The summed E-state index contributed by atoms with van der Waals surface area (Å²) in [5.41, 5.74) is 8.41. The van der Waals surface area contributed by atoms with Crippen molar-refractivity contribution < 1.29 is 14.3 Å². The second-order valence-corrected chi connectivity index (χ2v) is 7.48. The van der Waals surface area contributed by atoms with E-state index in [1.807, 2.05) is 24.3 Å². The number of hydrogen-bond donors (Lipinski definition) is 1. The predicted molar refractivity (Wildman–Crippen MR) is 106 cm³/mol. The quantitative estimate of drug-likeness (QED) is 0.733. The maximum Gasteiger partial charge on any atom is 0.247 e. The van der Waals surface area contributed by atoms with Crippen LogP contribution >= 0.6 is 11.3 Å². The van der Waals surface area contributed by atoms with Gasteiger partial charge in [0.25, 0.3) is 0 Å². The van der Waals surface area contributed by atoms with Crippen molar-refractivity contribution in [3.63, 3.8) is 0 Å². The van der Waals surface area contributed by atoms with Gasteiger partial charge in [-0.2, -0.15) is 0 Å². The van der Waals surface area contributed by atoms with Gasteiger partial charge >= 0.3 is 0 Å². The molecule has 3 heterocycles. The van der Waals surface area contributed by atoms with E-state index in [0.29, 0.717) is 19.7 Å². The van der Waals surface area contributed by atoms with Crippen LogP contribution in [0.2, 0.25) is 0 Å². The Bertz CT molecular complexity index is 959. The lowest BCUT2D eigenvalue weighted by Crippen LogP contribution is -2.47. The number of carbonyl (C=O) groups excluding carboxylic acids is 1. The molecule has 3 aromatic rings. The number of nitrogens with two attached hydrogens (primary N) is 1. The first-order valence-corrected chi connectivity index (χ1v) is 9.67. The molecule has 0 bridgehead atoms. The summed E-state index contributed by atoms with van der Waals surface area (Å²) in [7, 11) is 1.66. The number of ether oxygens (including phenoxy) is 2. The molecule has 1 aliphatic heterocycles. The molecule has 0 aliphatic carbocycles. The summed E-state index contributed by atoms with van der Waals surface area (Å²) in [4.78, 5) is 19.7. The highest BCUT2D eigenvalue weighted by Crippen LogP contribution is 2.31. The van der Waals surface area contributed by atoms with E-state index in [4.69, 9.17) is 20.2 Å². The second-order valence-electron chi connectivity index (χ2n) is 6.53. The Morgan fingerprint density at radius 3 is 3.04 bits per heavy atom. The van der Waals surface area contributed by atoms with Gasteiger partial charge < -0.3 is 15.2 Å². The summed E-state index contributed by atoms with van der Waals surface area (Å²) >= 11 is 1.67. The Morgan fingerprint density at radius 1 is 1.41 bits per heavy atom. The largest absolute Gasteiger partial charge is 0.497 e. The summed E-state index contributed by atoms with van der Waals surface area (Å²) in [5, 5.41) is 3.11. The van der Waals surface area contributed by atoms with Gasteiger partial charge in [-0.25, -0.2) is 4.98 Å². The molecule has 1 aromatic carbocycles. The number of rotatable bonds is 5. The van der Waals surface area contributed by atoms with Gasteiger partial charge in [-0.05, 0) is 35.2 Å². The summed E-state index contributed by atoms with van der Waals surface area (Å²) in [6.45, 7) is 2.45. The Morgan fingerprint density at radius 2 is 2.30 bits per heavy atom. The topological polar surface area (TPSA) is 77.7 Å². The van der Waals surface area contributed by atoms with Crippen LogP contribution in [0.3, 0.4) is 0 Å². The van der Waals surface area contributed by atoms with Crippen molar-refractivity contribution in [2.24, 2.45) is 5.73 Å². The lowest BCUT2D eigenvalue weighted by atomic mass is 10.1. The maximum absolute atomic E-state index is 11.5. The molecule has 0 spiro atoms. The molecule has 2 N–H and O–H groups in total. The van der Waals surface area contributed by atoms with Crippen LogP contribution in [0.15, 0.2) is 41.8 Å². The van der Waals surface area contributed by atoms with Crippen molar-refractivity contribution in [2.75, 3.05) is 26.8 Å². The molecule has 2 aromatic heterocycles. The third-order valence-corrected chi connectivity index (χ3v) is 5.60. The molecule has 0 radical (unpaired) electrons. The number of aromatic nitrogens is 1. The van der Waals surface area contributed by atoms with Crippen molar-refractivity contribution in [3.05, 3.63) is 47.3 Å². The number of hydrogen-bond acceptors (Lipinski definition) is 6. The Hall–Kier alpha value is -2.48. The number of benzene rings is 1. The van der Waals surface area contributed by atoms with Gasteiger partial charge in [0.15, 0.2) is 0 Å². The lowest BCUT2D eigenvalue weighted by Gasteiger charge is -2.31. The van der Waals surface area contributed by atoms with E-state index < -0.39 is 12.0 Å². The van der Waals surface area contributed by atoms with E-state index in [-0.39, 0.29) is 0 Å². The minimum atomic E-state index is -0.554. The van der Waals surface area contributed by atoms with Gasteiger partial charge in [-0.15, -0.1) is 11.3 Å². The first-order chi connectivity index (χ1) is 13.1. The zero-order chi connectivity index (χ0) is 18.8. The number of thiophene rings is 1. The van der Waals surface area contributed by atoms with E-state index in [1.54, 1.807) is 18.4 Å². The van der Waals surface area contributed by atoms with Gasteiger partial charge in [0.05, 0.1) is 29.8 Å². The zero-order valence-corrected chi connectivity index (χ0v) is 15.9. The summed E-state index contributed by atoms with van der Waals surface area (Å²) in [6, 6.07) is 12.2. The Kier molecular flexibility index (Phi) is 5.07. The average molecular weight is 383 g/mol. The first kappa shape index (κ1) is 17.9. The number of nitrogens with zero attached hydrogens (tertiary/aromatic N) is 2. The fourth-order valence-corrected chi connectivity index (χ4v) is 4.07. The van der Waals surface area contributed by atoms with Crippen LogP contribution < -0.4 is 10.5 Å². The normalized spacial score (nSPS) is 17.9. The minimum absolute atomic E-state index is 0.415. The fourth-order valence-electron chi connectivity index (χ4n) is 3.32. The molecule has 1 saturated heterocycles. The van der Waals surface area contributed by atoms with Gasteiger partial charge in [0, 0.05) is 31.1 Å². The molecule has 1 fully saturated rings. The van der Waals surface area contributed by atoms with Gasteiger partial charge in [-0.1, -0.05) is 6.07 Å². The summed E-state index contributed by atoms with van der Waals surface area (Å²) in [5.74, 6) is 0.374. The van der Waals surface area contributed by atoms with Crippen LogP contribution in [0.5, 0.6) is 5.75 Å². The number of fused-ring (bicyclic) bond motifs is 1. The van der Waals surface area contributed by atoms with E-state index in [0.717, 1.165) is 39.3 Å². The van der Waals surface area contributed by atoms with Crippen molar-refractivity contribution in [3.8, 4) is 16.3 Å². The monoisotopic (exact) mass is 383 g/mol. The molecule has 7 heteroatoms. The molecular weight excluding hydrogens is 362 g/mol. The zero-order valence-electron chi connectivity index (χ0n) is 15.1. The van der Waals surface area contributed by atoms with Crippen LogP contribution in [0.25, 0.3) is 21.5 Å². The lowest BCUT2D eigenvalue weighted by molar-refractivity contribution is -0.135. The molecule has 0 unspecified atom stereocenters. The van der Waals surface area contributed by atoms with E-state index in [2.05, 4.69) is 22.4 Å². The molecular formula is C20H21N3O3S. The second kappa shape index (κ2) is 7.64. The fraction of sp³-hybridized carbons (Fsp3) is 0.300. The van der Waals surface area contributed by atoms with Gasteiger partial charge in [-0.3, -0.25) is 9.69 Å². The van der Waals surface area contributed by atoms with Crippen LogP contribution in [0.4, 0.5) is 0 Å². The highest BCUT2D eigenvalue weighted by molar-refractivity contribution is 7.13. The average Bonchev–Trinajstić information content (AvgIpc) is 3.22. The highest BCUT2D eigenvalue weighted by Gasteiger charge is 2.25. The standard InChI is InChI=1S/C20H21N3O3S/c1-25-15-5-4-13-9-14(11-23-6-7-26-17(12-23)20(21)24)19(22-16(13)10-15)18-3-2-8-27-18/h2-5,8-10,17H,6-7,11-12H2,1H3,(H2,21,24)/t17-/m1/s1. The van der Waals surface area contributed by atoms with E-state index in [9.17, 15) is 4.79 Å². The van der Waals surface area contributed by atoms with E-state index in [1.165, 1.54) is 0 Å². The number of carbonyl (C=O) groups is 1. The predicted octanol–water partition coefficient (Wildman–Crippen LogP) is 2.66. The molecule has 1 aliphatic rings. The number of methoxy groups -OCH3 is 1. The number of amides is 1. The van der Waals surface area contributed by atoms with Gasteiger partial charge in [0.1, 0.15) is 11.9 Å². The molecule has 0 saturated carbocycles. The number of morpholine rings is 1. The van der Waals surface area contributed by atoms with Crippen LogP contribution in [0, 0.1) is 0 Å². The van der Waals surface area contributed by atoms with Crippen molar-refractivity contribution >= 4 is 28.1 Å². The smallest absolute Gasteiger partial charge is 0.247 e. The minimum Gasteiger partial charge on any atom is -0.497 e. The van der Waals surface area contributed by atoms with Crippen LogP contribution in [-0.2, 0) is 16.1 Å². The maximum atomic E-state index is 11.5. The summed E-state index contributed by atoms with van der Waals surface area (Å²) in [6.07, 6.45) is -0.554. The molecule has 27 heavy (non-hydrogen) atoms. The van der Waals surface area contributed by atoms with Gasteiger partial charge in [0.2, 0.25) is 5.91 Å². The molecule has 1 atom stereocenters. The first-order valence-electron chi connectivity index (χ1n) is 8.79. The van der Waals surface area contributed by atoms with Crippen molar-refractivity contribution in [2.45, 2.75) is 12.6 Å². The van der Waals surface area contributed by atoms with Crippen molar-refractivity contribution in [1.82, 2.24) is 9.88 Å². The Labute approximate surface area is 161 Å². The third-order valence-electron chi connectivity index (χ3n) is 4.72. The molecule has 1 amide bonds. The number of primary amides is 1. The Balaban J connectivity index is 1.72. The highest BCUT2D eigenvalue weighted by atomic mass is 32.1. The SMILES string of the molecule is COc1ccc2cc(CN3CCO[C@@H](C(N)=O)C3)c(-c3cccs3)nc2c1. The molecule has 4 rings (SSSR count). The van der Waals surface area contributed by atoms with Crippen LogP contribution in [-0.4, -0.2) is 48.7 Å². The summed E-state index contributed by atoms with van der Waals surface area (Å²) < 4.78 is 10.8. The van der Waals surface area contributed by atoms with Crippen LogP contribution in [0.1, 0.15) is 5.56 Å². The molecule has 6 nitrogen and oxygen atoms in total. The van der Waals surface area contributed by atoms with Crippen molar-refractivity contribution in [1.29, 1.82) is 0 Å². The van der Waals surface area contributed by atoms with E-state index >= 15 is 0 Å².